The van der Waals surface area contributed by atoms with Crippen LogP contribution in [0.15, 0.2) is 30.7 Å². The molecule has 0 aliphatic carbocycles. The van der Waals surface area contributed by atoms with Crippen molar-refractivity contribution in [2.24, 2.45) is 0 Å². The van der Waals surface area contributed by atoms with Gasteiger partial charge in [-0.15, -0.1) is 0 Å². The van der Waals surface area contributed by atoms with Crippen molar-refractivity contribution in [2.75, 3.05) is 0 Å². The molecule has 3 heteroatoms. The summed E-state index contributed by atoms with van der Waals surface area (Å²) in [5, 5.41) is 6.43. The topological polar surface area (TPSA) is 41.6 Å². The van der Waals surface area contributed by atoms with Crippen LogP contribution in [0.4, 0.5) is 0 Å². The summed E-state index contributed by atoms with van der Waals surface area (Å²) >= 11 is 0. The minimum absolute atomic E-state index is 0.965. The van der Waals surface area contributed by atoms with Gasteiger partial charge in [-0.3, -0.25) is 10.1 Å². The molecule has 53 valence electrons. The number of aromatic nitrogens is 3. The highest BCUT2D eigenvalue weighted by atomic mass is 15.1. The lowest BCUT2D eigenvalue weighted by Crippen LogP contribution is -1.73. The van der Waals surface area contributed by atoms with Crippen molar-refractivity contribution in [1.82, 2.24) is 15.2 Å². The Morgan fingerprint density at radius 3 is 2.73 bits per heavy atom. The van der Waals surface area contributed by atoms with Crippen molar-refractivity contribution in [3.8, 4) is 11.1 Å². The first-order chi connectivity index (χ1) is 5.47. The fourth-order valence-electron chi connectivity index (χ4n) is 0.901. The Bertz CT molecular complexity index is 312. The molecule has 0 aliphatic heterocycles. The number of aromatic amines is 1. The predicted molar refractivity (Wildman–Crippen MR) is 40.7 cm³/mol. The van der Waals surface area contributed by atoms with E-state index in [1.807, 2.05) is 12.1 Å². The average Bonchev–Trinajstić information content (AvgIpc) is 2.58. The largest absolute Gasteiger partial charge is 0.284 e. The van der Waals surface area contributed by atoms with Crippen molar-refractivity contribution < 1.29 is 0 Å². The Morgan fingerprint density at radius 2 is 2.09 bits per heavy atom. The van der Waals surface area contributed by atoms with Gasteiger partial charge in [0.05, 0.1) is 0 Å². The number of hydrogen-bond acceptors (Lipinski definition) is 2. The van der Waals surface area contributed by atoms with E-state index in [0.717, 1.165) is 11.1 Å². The quantitative estimate of drug-likeness (QED) is 0.654. The molecule has 2 aromatic heterocycles. The molecule has 0 spiro atoms. The molecule has 0 saturated heterocycles. The monoisotopic (exact) mass is 144 g/mol. The minimum Gasteiger partial charge on any atom is -0.284 e. The first-order valence-corrected chi connectivity index (χ1v) is 3.28. The van der Waals surface area contributed by atoms with Crippen LogP contribution in [0.25, 0.3) is 11.1 Å². The van der Waals surface area contributed by atoms with E-state index in [4.69, 9.17) is 0 Å². The normalized spacial score (nSPS) is 9.82. The number of hydrogen-bond donors (Lipinski definition) is 1. The number of H-pyrrole nitrogens is 1. The highest BCUT2D eigenvalue weighted by Crippen LogP contribution is 2.14. The molecule has 1 radical (unpaired) electrons. The summed E-state index contributed by atoms with van der Waals surface area (Å²) in [7, 11) is 0. The van der Waals surface area contributed by atoms with Gasteiger partial charge in [0.15, 0.2) is 0 Å². The van der Waals surface area contributed by atoms with Gasteiger partial charge in [0.2, 0.25) is 0 Å². The zero-order chi connectivity index (χ0) is 7.52. The molecule has 2 aromatic rings. The fraction of sp³-hybridized carbons (Fsp3) is 0. The van der Waals surface area contributed by atoms with E-state index in [1.165, 1.54) is 0 Å². The van der Waals surface area contributed by atoms with Crippen molar-refractivity contribution in [3.05, 3.63) is 36.9 Å². The van der Waals surface area contributed by atoms with Crippen molar-refractivity contribution in [2.45, 2.75) is 0 Å². The molecular weight excluding hydrogens is 138 g/mol. The summed E-state index contributed by atoms with van der Waals surface area (Å²) in [6.07, 6.45) is 8.11. The smallest absolute Gasteiger partial charge is 0.121 e. The first kappa shape index (κ1) is 6.09. The number of nitrogens with one attached hydrogen (secondary N) is 1. The standard InChI is InChI=1S/C8H6N3/c1-3-9-4-2-7(1)8-5-10-11-6-8/h1-5H,(H,10,11). The van der Waals surface area contributed by atoms with E-state index in [9.17, 15) is 0 Å². The molecule has 0 aliphatic rings. The minimum atomic E-state index is 0.965. The third kappa shape index (κ3) is 1.12. The lowest BCUT2D eigenvalue weighted by Gasteiger charge is -1.91. The van der Waals surface area contributed by atoms with Crippen molar-refractivity contribution >= 4 is 0 Å². The molecule has 0 aromatic carbocycles. The molecular formula is C8H6N3. The molecule has 0 amide bonds. The Kier molecular flexibility index (Phi) is 1.41. The summed E-state index contributed by atoms with van der Waals surface area (Å²) in [5.41, 5.74) is 2.04. The third-order valence-electron chi connectivity index (χ3n) is 1.44. The van der Waals surface area contributed by atoms with Gasteiger partial charge in [-0.2, -0.15) is 5.10 Å². The van der Waals surface area contributed by atoms with Crippen LogP contribution in [0, 0.1) is 6.20 Å². The number of pyridine rings is 1. The molecule has 11 heavy (non-hydrogen) atoms. The van der Waals surface area contributed by atoms with E-state index < -0.39 is 0 Å². The van der Waals surface area contributed by atoms with Gasteiger partial charge in [-0.05, 0) is 17.7 Å². The van der Waals surface area contributed by atoms with Crippen LogP contribution in [0.3, 0.4) is 0 Å². The molecule has 0 bridgehead atoms. The highest BCUT2D eigenvalue weighted by molar-refractivity contribution is 5.59. The van der Waals surface area contributed by atoms with E-state index in [2.05, 4.69) is 21.4 Å². The average molecular weight is 144 g/mol. The SMILES string of the molecule is [c]1n[nH]cc1-c1ccncc1. The molecule has 0 atom stereocenters. The van der Waals surface area contributed by atoms with Gasteiger partial charge in [-0.25, -0.2) is 0 Å². The Morgan fingerprint density at radius 1 is 1.27 bits per heavy atom. The number of nitrogens with zero attached hydrogens (tertiary/aromatic N) is 2. The summed E-state index contributed by atoms with van der Waals surface area (Å²) in [5.74, 6) is 0. The van der Waals surface area contributed by atoms with Gasteiger partial charge < -0.3 is 0 Å². The molecule has 2 heterocycles. The fourth-order valence-corrected chi connectivity index (χ4v) is 0.901. The second-order valence-electron chi connectivity index (χ2n) is 2.15. The molecule has 0 fully saturated rings. The van der Waals surface area contributed by atoms with E-state index in [1.54, 1.807) is 18.6 Å². The Labute approximate surface area is 64.1 Å². The second kappa shape index (κ2) is 2.54. The lowest BCUT2D eigenvalue weighted by molar-refractivity contribution is 1.08. The Balaban J connectivity index is 2.46. The van der Waals surface area contributed by atoms with Crippen molar-refractivity contribution in [1.29, 1.82) is 0 Å². The lowest BCUT2D eigenvalue weighted by atomic mass is 10.2. The zero-order valence-electron chi connectivity index (χ0n) is 5.78. The van der Waals surface area contributed by atoms with Crippen LogP contribution >= 0.6 is 0 Å². The van der Waals surface area contributed by atoms with Crippen molar-refractivity contribution in [3.63, 3.8) is 0 Å². The van der Waals surface area contributed by atoms with Crippen LogP contribution in [0.2, 0.25) is 0 Å². The summed E-state index contributed by atoms with van der Waals surface area (Å²) in [4.78, 5) is 3.91. The van der Waals surface area contributed by atoms with Gasteiger partial charge in [0.1, 0.15) is 6.20 Å². The van der Waals surface area contributed by atoms with E-state index >= 15 is 0 Å². The molecule has 1 N–H and O–H groups in total. The zero-order valence-corrected chi connectivity index (χ0v) is 5.78. The predicted octanol–water partition coefficient (Wildman–Crippen LogP) is 1.27. The van der Waals surface area contributed by atoms with Gasteiger partial charge in [-0.1, -0.05) is 0 Å². The molecule has 2 rings (SSSR count). The van der Waals surface area contributed by atoms with Crippen LogP contribution in [0.1, 0.15) is 0 Å². The third-order valence-corrected chi connectivity index (χ3v) is 1.44. The second-order valence-corrected chi connectivity index (χ2v) is 2.15. The summed E-state index contributed by atoms with van der Waals surface area (Å²) in [6, 6.07) is 3.84. The van der Waals surface area contributed by atoms with E-state index in [-0.39, 0.29) is 0 Å². The number of rotatable bonds is 1. The first-order valence-electron chi connectivity index (χ1n) is 3.28. The van der Waals surface area contributed by atoms with Crippen LogP contribution in [-0.2, 0) is 0 Å². The van der Waals surface area contributed by atoms with Gasteiger partial charge in [0, 0.05) is 24.2 Å². The molecule has 3 nitrogen and oxygen atoms in total. The highest BCUT2D eigenvalue weighted by Gasteiger charge is 1.95. The van der Waals surface area contributed by atoms with Crippen LogP contribution in [-0.4, -0.2) is 15.2 Å². The Hall–Kier alpha value is -1.64. The maximum Gasteiger partial charge on any atom is 0.121 e. The molecule has 0 unspecified atom stereocenters. The van der Waals surface area contributed by atoms with Gasteiger partial charge >= 0.3 is 0 Å². The molecule has 0 saturated carbocycles. The van der Waals surface area contributed by atoms with Gasteiger partial charge in [0.25, 0.3) is 0 Å². The van der Waals surface area contributed by atoms with Crippen LogP contribution < -0.4 is 0 Å². The van der Waals surface area contributed by atoms with Crippen LogP contribution in [0.5, 0.6) is 0 Å². The summed E-state index contributed by atoms with van der Waals surface area (Å²) in [6.45, 7) is 0. The summed E-state index contributed by atoms with van der Waals surface area (Å²) < 4.78 is 0. The maximum atomic E-state index is 3.91. The maximum absolute atomic E-state index is 3.91. The van der Waals surface area contributed by atoms with E-state index in [0.29, 0.717) is 0 Å².